The van der Waals surface area contributed by atoms with Gasteiger partial charge in [0.2, 0.25) is 5.91 Å². The van der Waals surface area contributed by atoms with Gasteiger partial charge in [0.1, 0.15) is 0 Å². The molecule has 1 aliphatic rings. The minimum absolute atomic E-state index is 0.00685. The zero-order valence-electron chi connectivity index (χ0n) is 15.4. The first-order chi connectivity index (χ1) is 13.5. The number of nitrogens with zero attached hydrogens (tertiary/aromatic N) is 1. The molecule has 6 nitrogen and oxygen atoms in total. The van der Waals surface area contributed by atoms with Crippen molar-refractivity contribution in [2.45, 2.75) is 18.9 Å². The molecule has 1 saturated heterocycles. The Balaban J connectivity index is 1.41. The van der Waals surface area contributed by atoms with Crippen LogP contribution in [0.5, 0.6) is 0 Å². The predicted octanol–water partition coefficient (Wildman–Crippen LogP) is 2.60. The van der Waals surface area contributed by atoms with Crippen molar-refractivity contribution in [1.82, 2.24) is 15.5 Å². The molecule has 28 heavy (non-hydrogen) atoms. The van der Waals surface area contributed by atoms with Gasteiger partial charge in [-0.2, -0.15) is 0 Å². The van der Waals surface area contributed by atoms with Crippen LogP contribution in [0.3, 0.4) is 0 Å². The Morgan fingerprint density at radius 3 is 2.21 bits per heavy atom. The molecule has 0 atom stereocenters. The highest BCUT2D eigenvalue weighted by molar-refractivity contribution is 9.10. The molecule has 2 N–H and O–H groups in total. The molecule has 0 aliphatic carbocycles. The fourth-order valence-corrected chi connectivity index (χ4v) is 3.40. The van der Waals surface area contributed by atoms with Crippen molar-refractivity contribution >= 4 is 33.7 Å². The topological polar surface area (TPSA) is 78.5 Å². The van der Waals surface area contributed by atoms with E-state index in [-0.39, 0.29) is 30.3 Å². The maximum absolute atomic E-state index is 12.5. The molecule has 1 fully saturated rings. The molecule has 3 amide bonds. The summed E-state index contributed by atoms with van der Waals surface area (Å²) in [7, 11) is 0. The van der Waals surface area contributed by atoms with Crippen LogP contribution in [0, 0.1) is 0 Å². The van der Waals surface area contributed by atoms with Crippen LogP contribution in [-0.4, -0.2) is 48.3 Å². The SMILES string of the molecule is O=C(CNC(=O)c1ccccc1)NC1CCN(C(=O)c2ccc(Br)cc2)CC1. The molecule has 2 aromatic rings. The van der Waals surface area contributed by atoms with Crippen molar-refractivity contribution in [3.05, 3.63) is 70.2 Å². The van der Waals surface area contributed by atoms with Crippen LogP contribution in [0.2, 0.25) is 0 Å². The molecule has 0 bridgehead atoms. The second kappa shape index (κ2) is 9.50. The Kier molecular flexibility index (Phi) is 6.81. The number of hydrogen-bond donors (Lipinski definition) is 2. The molecule has 0 spiro atoms. The van der Waals surface area contributed by atoms with Crippen LogP contribution in [0.1, 0.15) is 33.6 Å². The first-order valence-electron chi connectivity index (χ1n) is 9.20. The number of nitrogens with one attached hydrogen (secondary N) is 2. The number of carbonyl (C=O) groups is 3. The van der Waals surface area contributed by atoms with E-state index in [1.54, 1.807) is 36.4 Å². The number of hydrogen-bond acceptors (Lipinski definition) is 3. The van der Waals surface area contributed by atoms with Crippen molar-refractivity contribution in [2.75, 3.05) is 19.6 Å². The maximum Gasteiger partial charge on any atom is 0.253 e. The molecular weight excluding hydrogens is 422 g/mol. The van der Waals surface area contributed by atoms with E-state index in [2.05, 4.69) is 26.6 Å². The summed E-state index contributed by atoms with van der Waals surface area (Å²) in [6.07, 6.45) is 1.39. The summed E-state index contributed by atoms with van der Waals surface area (Å²) >= 11 is 3.36. The van der Waals surface area contributed by atoms with Gasteiger partial charge in [-0.15, -0.1) is 0 Å². The summed E-state index contributed by atoms with van der Waals surface area (Å²) in [5, 5.41) is 5.56. The minimum atomic E-state index is -0.273. The van der Waals surface area contributed by atoms with E-state index in [9.17, 15) is 14.4 Å². The third kappa shape index (κ3) is 5.42. The van der Waals surface area contributed by atoms with E-state index in [1.807, 2.05) is 23.1 Å². The van der Waals surface area contributed by atoms with Crippen LogP contribution in [0.15, 0.2) is 59.1 Å². The van der Waals surface area contributed by atoms with E-state index < -0.39 is 0 Å². The van der Waals surface area contributed by atoms with Crippen molar-refractivity contribution in [1.29, 1.82) is 0 Å². The molecule has 0 unspecified atom stereocenters. The lowest BCUT2D eigenvalue weighted by Gasteiger charge is -2.32. The molecule has 0 radical (unpaired) electrons. The Hall–Kier alpha value is -2.67. The van der Waals surface area contributed by atoms with Gasteiger partial charge in [-0.25, -0.2) is 0 Å². The van der Waals surface area contributed by atoms with Gasteiger partial charge in [-0.3, -0.25) is 14.4 Å². The second-order valence-corrected chi connectivity index (χ2v) is 7.61. The lowest BCUT2D eigenvalue weighted by Crippen LogP contribution is -2.48. The number of likely N-dealkylation sites (tertiary alicyclic amines) is 1. The Labute approximate surface area is 172 Å². The summed E-state index contributed by atoms with van der Waals surface area (Å²) in [6, 6.07) is 16.1. The van der Waals surface area contributed by atoms with Gasteiger partial charge in [0, 0.05) is 34.7 Å². The third-order valence-electron chi connectivity index (χ3n) is 4.68. The monoisotopic (exact) mass is 443 g/mol. The molecule has 3 rings (SSSR count). The first kappa shape index (κ1) is 20.1. The van der Waals surface area contributed by atoms with E-state index in [0.717, 1.165) is 4.47 Å². The maximum atomic E-state index is 12.5. The highest BCUT2D eigenvalue weighted by Gasteiger charge is 2.24. The first-order valence-corrected chi connectivity index (χ1v) is 9.99. The lowest BCUT2D eigenvalue weighted by molar-refractivity contribution is -0.121. The summed E-state index contributed by atoms with van der Waals surface area (Å²) < 4.78 is 0.935. The van der Waals surface area contributed by atoms with E-state index in [1.165, 1.54) is 0 Å². The fourth-order valence-electron chi connectivity index (χ4n) is 3.13. The van der Waals surface area contributed by atoms with E-state index >= 15 is 0 Å². The molecule has 1 aliphatic heterocycles. The lowest BCUT2D eigenvalue weighted by atomic mass is 10.0. The highest BCUT2D eigenvalue weighted by Crippen LogP contribution is 2.16. The fraction of sp³-hybridized carbons (Fsp3) is 0.286. The van der Waals surface area contributed by atoms with Crippen LogP contribution < -0.4 is 10.6 Å². The summed E-state index contributed by atoms with van der Waals surface area (Å²) in [6.45, 7) is 1.12. The predicted molar refractivity (Wildman–Crippen MR) is 110 cm³/mol. The van der Waals surface area contributed by atoms with Gasteiger partial charge in [-0.05, 0) is 49.2 Å². The van der Waals surface area contributed by atoms with Gasteiger partial charge >= 0.3 is 0 Å². The third-order valence-corrected chi connectivity index (χ3v) is 5.21. The molecule has 7 heteroatoms. The van der Waals surface area contributed by atoms with E-state index in [0.29, 0.717) is 37.1 Å². The van der Waals surface area contributed by atoms with Crippen LogP contribution >= 0.6 is 15.9 Å². The zero-order chi connectivity index (χ0) is 19.9. The van der Waals surface area contributed by atoms with E-state index in [4.69, 9.17) is 0 Å². The smallest absolute Gasteiger partial charge is 0.253 e. The van der Waals surface area contributed by atoms with Gasteiger partial charge < -0.3 is 15.5 Å². The molecular formula is C21H22BrN3O3. The number of amides is 3. The van der Waals surface area contributed by atoms with Crippen molar-refractivity contribution in [3.8, 4) is 0 Å². The van der Waals surface area contributed by atoms with Gasteiger partial charge in [0.25, 0.3) is 11.8 Å². The Bertz CT molecular complexity index is 832. The normalized spacial score (nSPS) is 14.4. The summed E-state index contributed by atoms with van der Waals surface area (Å²) in [4.78, 5) is 38.4. The molecule has 0 aromatic heterocycles. The second-order valence-electron chi connectivity index (χ2n) is 6.69. The van der Waals surface area contributed by atoms with Crippen molar-refractivity contribution < 1.29 is 14.4 Å². The summed E-state index contributed by atoms with van der Waals surface area (Å²) in [5.41, 5.74) is 1.18. The number of piperidine rings is 1. The van der Waals surface area contributed by atoms with Crippen molar-refractivity contribution in [3.63, 3.8) is 0 Å². The number of rotatable bonds is 5. The van der Waals surface area contributed by atoms with Crippen molar-refractivity contribution in [2.24, 2.45) is 0 Å². The van der Waals surface area contributed by atoms with Gasteiger partial charge in [-0.1, -0.05) is 34.1 Å². The number of benzene rings is 2. The molecule has 2 aromatic carbocycles. The number of carbonyl (C=O) groups excluding carboxylic acids is 3. The Morgan fingerprint density at radius 1 is 0.929 bits per heavy atom. The van der Waals surface area contributed by atoms with Gasteiger partial charge in [0.05, 0.1) is 6.54 Å². The molecule has 0 saturated carbocycles. The van der Waals surface area contributed by atoms with Crippen LogP contribution in [0.25, 0.3) is 0 Å². The number of halogens is 1. The molecule has 146 valence electrons. The average molecular weight is 444 g/mol. The van der Waals surface area contributed by atoms with Crippen LogP contribution in [0.4, 0.5) is 0 Å². The molecule has 1 heterocycles. The van der Waals surface area contributed by atoms with Crippen LogP contribution in [-0.2, 0) is 4.79 Å². The average Bonchev–Trinajstić information content (AvgIpc) is 2.73. The summed E-state index contributed by atoms with van der Waals surface area (Å²) in [5.74, 6) is -0.486. The Morgan fingerprint density at radius 2 is 1.57 bits per heavy atom. The quantitative estimate of drug-likeness (QED) is 0.745. The zero-order valence-corrected chi connectivity index (χ0v) is 16.9. The standard InChI is InChI=1S/C21H22BrN3O3/c22-17-8-6-16(7-9-17)21(28)25-12-10-18(11-13-25)24-19(26)14-23-20(27)15-4-2-1-3-5-15/h1-9,18H,10-14H2,(H,23,27)(H,24,26). The largest absolute Gasteiger partial charge is 0.352 e. The van der Waals surface area contributed by atoms with Gasteiger partial charge in [0.15, 0.2) is 0 Å². The minimum Gasteiger partial charge on any atom is -0.352 e. The highest BCUT2D eigenvalue weighted by atomic mass is 79.9.